The lowest BCUT2D eigenvalue weighted by atomic mass is 9.86. The molecule has 1 saturated carbocycles. The molecular weight excluding hydrogens is 488 g/mol. The second-order valence-corrected chi connectivity index (χ2v) is 9.46. The van der Waals surface area contributed by atoms with Crippen LogP contribution >= 0.6 is 0 Å². The molecule has 2 aliphatic heterocycles. The molecule has 1 aromatic rings. The van der Waals surface area contributed by atoms with Crippen LogP contribution in [-0.4, -0.2) is 90.5 Å². The minimum Gasteiger partial charge on any atom is -0.406 e. The Morgan fingerprint density at radius 3 is 2.53 bits per heavy atom. The number of likely N-dealkylation sites (tertiary alicyclic amines) is 1. The lowest BCUT2D eigenvalue weighted by Gasteiger charge is -2.47. The zero-order valence-electron chi connectivity index (χ0n) is 19.8. The van der Waals surface area contributed by atoms with Gasteiger partial charge in [-0.15, -0.1) is 13.2 Å². The van der Waals surface area contributed by atoms with Crippen molar-refractivity contribution in [1.82, 2.24) is 30.7 Å². The van der Waals surface area contributed by atoms with Crippen molar-refractivity contribution < 1.29 is 36.7 Å². The number of piperidine rings is 1. The molecule has 2 heterocycles. The van der Waals surface area contributed by atoms with Gasteiger partial charge in [-0.05, 0) is 25.3 Å². The summed E-state index contributed by atoms with van der Waals surface area (Å²) >= 11 is 0. The predicted molar refractivity (Wildman–Crippen MR) is 119 cm³/mol. The number of hydrogen-bond donors (Lipinski definition) is 3. The molecule has 4 rings (SSSR count). The summed E-state index contributed by atoms with van der Waals surface area (Å²) in [6, 6.07) is 1.14. The van der Waals surface area contributed by atoms with Crippen LogP contribution in [-0.2, 0) is 6.54 Å². The normalized spacial score (nSPS) is 23.9. The molecule has 6 amide bonds. The van der Waals surface area contributed by atoms with Gasteiger partial charge >= 0.3 is 24.5 Å². The van der Waals surface area contributed by atoms with Gasteiger partial charge in [0.05, 0.1) is 11.6 Å². The third-order valence-corrected chi connectivity index (χ3v) is 6.57. The van der Waals surface area contributed by atoms with Crippen molar-refractivity contribution in [1.29, 1.82) is 0 Å². The van der Waals surface area contributed by atoms with Crippen LogP contribution in [0, 0.1) is 5.82 Å². The number of halogens is 4. The van der Waals surface area contributed by atoms with E-state index in [0.717, 1.165) is 25.0 Å². The third kappa shape index (κ3) is 5.68. The van der Waals surface area contributed by atoms with E-state index >= 15 is 0 Å². The van der Waals surface area contributed by atoms with Gasteiger partial charge in [-0.3, -0.25) is 0 Å². The van der Waals surface area contributed by atoms with Gasteiger partial charge in [0.25, 0.3) is 0 Å². The van der Waals surface area contributed by atoms with Crippen LogP contribution in [0.25, 0.3) is 0 Å². The van der Waals surface area contributed by atoms with Crippen LogP contribution in [0.2, 0.25) is 0 Å². The van der Waals surface area contributed by atoms with E-state index in [2.05, 4.69) is 20.7 Å². The van der Waals surface area contributed by atoms with Crippen LogP contribution in [0.15, 0.2) is 18.2 Å². The Kier molecular flexibility index (Phi) is 6.80. The van der Waals surface area contributed by atoms with Gasteiger partial charge in [-0.2, -0.15) is 0 Å². The second-order valence-electron chi connectivity index (χ2n) is 9.46. The third-order valence-electron chi connectivity index (χ3n) is 6.57. The molecule has 1 aromatic carbocycles. The molecule has 2 atom stereocenters. The molecule has 14 heteroatoms. The first-order valence-electron chi connectivity index (χ1n) is 11.5. The predicted octanol–water partition coefficient (Wildman–Crippen LogP) is 2.21. The van der Waals surface area contributed by atoms with E-state index in [0.29, 0.717) is 19.0 Å². The smallest absolute Gasteiger partial charge is 0.406 e. The molecule has 1 unspecified atom stereocenters. The quantitative estimate of drug-likeness (QED) is 0.522. The highest BCUT2D eigenvalue weighted by Crippen LogP contribution is 2.35. The van der Waals surface area contributed by atoms with Crippen LogP contribution in [0.4, 0.5) is 31.9 Å². The molecule has 3 N–H and O–H groups in total. The zero-order chi connectivity index (χ0) is 26.3. The number of carbonyl (C=O) groups is 3. The van der Waals surface area contributed by atoms with Crippen LogP contribution in [0.5, 0.6) is 5.75 Å². The Bertz CT molecular complexity index is 1040. The average Bonchev–Trinajstić information content (AvgIpc) is 3.57. The number of likely N-dealkylation sites (N-methyl/N-ethyl adjacent to an activating group) is 1. The molecule has 0 aromatic heterocycles. The maximum absolute atomic E-state index is 14.3. The van der Waals surface area contributed by atoms with Gasteiger partial charge in [0.15, 0.2) is 0 Å². The van der Waals surface area contributed by atoms with Gasteiger partial charge < -0.3 is 35.4 Å². The Morgan fingerprint density at radius 1 is 1.25 bits per heavy atom. The fourth-order valence-electron chi connectivity index (χ4n) is 4.97. The molecule has 3 aliphatic rings. The van der Waals surface area contributed by atoms with Gasteiger partial charge in [0.1, 0.15) is 11.6 Å². The molecule has 0 radical (unpaired) electrons. The van der Waals surface area contributed by atoms with E-state index in [-0.39, 0.29) is 43.3 Å². The lowest BCUT2D eigenvalue weighted by Crippen LogP contribution is -2.66. The summed E-state index contributed by atoms with van der Waals surface area (Å²) in [6.07, 6.45) is -2.99. The Balaban J connectivity index is 1.48. The second kappa shape index (κ2) is 9.54. The summed E-state index contributed by atoms with van der Waals surface area (Å²) < 4.78 is 55.2. The Morgan fingerprint density at radius 2 is 1.97 bits per heavy atom. The van der Waals surface area contributed by atoms with Crippen molar-refractivity contribution >= 4 is 18.1 Å². The maximum atomic E-state index is 14.3. The number of urea groups is 3. The minimum atomic E-state index is -4.94. The molecule has 198 valence electrons. The number of rotatable bonds is 5. The largest absolute Gasteiger partial charge is 0.573 e. The first kappa shape index (κ1) is 25.6. The van der Waals surface area contributed by atoms with Crippen molar-refractivity contribution in [2.75, 3.05) is 33.7 Å². The summed E-state index contributed by atoms with van der Waals surface area (Å²) in [5, 5.41) is 8.20. The topological polar surface area (TPSA) is 106 Å². The highest BCUT2D eigenvalue weighted by molar-refractivity contribution is 5.79. The van der Waals surface area contributed by atoms with Crippen LogP contribution < -0.4 is 20.7 Å². The zero-order valence-corrected chi connectivity index (χ0v) is 19.8. The number of benzene rings is 1. The maximum Gasteiger partial charge on any atom is 0.573 e. The number of nitrogens with one attached hydrogen (secondary N) is 3. The van der Waals surface area contributed by atoms with E-state index in [1.165, 1.54) is 11.9 Å². The SMILES string of the molecule is CNC(=O)N1C[C@H](N(C(=O)NCc2ccc(OC(F)(F)F)cc2F)C2CC2)CC2(CN(C)C(=O)N2)C1. The number of alkyl halides is 3. The molecule has 2 saturated heterocycles. The minimum absolute atomic E-state index is 0.00888. The molecule has 1 spiro atoms. The standard InChI is InChI=1S/C22H28F4N6O4/c1-27-18(33)31-10-15(8-21(12-31)11-30(2)20(35)29-21)32(14-4-5-14)19(34)28-9-13-3-6-16(7-17(13)23)36-22(24,25)26/h3,6-7,14-15H,4-5,8-12H2,1-2H3,(H,27,33)(H,28,34)(H,29,35)/t15-,21?/m1/s1. The van der Waals surface area contributed by atoms with E-state index in [1.54, 1.807) is 16.8 Å². The Labute approximate surface area is 204 Å². The van der Waals surface area contributed by atoms with Gasteiger partial charge in [0, 0.05) is 57.9 Å². The van der Waals surface area contributed by atoms with Crippen molar-refractivity contribution in [2.45, 2.75) is 49.8 Å². The fourth-order valence-corrected chi connectivity index (χ4v) is 4.97. The summed E-state index contributed by atoms with van der Waals surface area (Å²) in [7, 11) is 3.16. The summed E-state index contributed by atoms with van der Waals surface area (Å²) in [5.41, 5.74) is -0.736. The summed E-state index contributed by atoms with van der Waals surface area (Å²) in [5.74, 6) is -1.64. The molecule has 3 fully saturated rings. The van der Waals surface area contributed by atoms with E-state index < -0.39 is 35.5 Å². The van der Waals surface area contributed by atoms with Crippen LogP contribution in [0.3, 0.4) is 0 Å². The number of carbonyl (C=O) groups excluding carboxylic acids is 3. The number of amides is 6. The first-order valence-corrected chi connectivity index (χ1v) is 11.5. The molecule has 1 aliphatic carbocycles. The number of hydrogen-bond acceptors (Lipinski definition) is 4. The van der Waals surface area contributed by atoms with Gasteiger partial charge in [-0.25, -0.2) is 18.8 Å². The van der Waals surface area contributed by atoms with Crippen LogP contribution in [0.1, 0.15) is 24.8 Å². The first-order chi connectivity index (χ1) is 16.9. The molecule has 0 bridgehead atoms. The summed E-state index contributed by atoms with van der Waals surface area (Å²) in [6.45, 7) is 0.657. The molecule has 36 heavy (non-hydrogen) atoms. The van der Waals surface area contributed by atoms with E-state index in [9.17, 15) is 31.9 Å². The number of ether oxygens (including phenoxy) is 1. The van der Waals surface area contributed by atoms with Gasteiger partial charge in [-0.1, -0.05) is 6.07 Å². The Hall–Kier alpha value is -3.45. The number of nitrogens with zero attached hydrogens (tertiary/aromatic N) is 3. The van der Waals surface area contributed by atoms with Crippen molar-refractivity contribution in [3.8, 4) is 5.75 Å². The van der Waals surface area contributed by atoms with Crippen molar-refractivity contribution in [3.63, 3.8) is 0 Å². The molecule has 10 nitrogen and oxygen atoms in total. The highest BCUT2D eigenvalue weighted by atomic mass is 19.4. The fraction of sp³-hybridized carbons (Fsp3) is 0.591. The molecular formula is C22H28F4N6O4. The van der Waals surface area contributed by atoms with Gasteiger partial charge in [0.2, 0.25) is 0 Å². The summed E-state index contributed by atoms with van der Waals surface area (Å²) in [4.78, 5) is 42.7. The van der Waals surface area contributed by atoms with Crippen molar-refractivity contribution in [2.24, 2.45) is 0 Å². The lowest BCUT2D eigenvalue weighted by molar-refractivity contribution is -0.274. The van der Waals surface area contributed by atoms with E-state index in [1.807, 2.05) is 0 Å². The average molecular weight is 516 g/mol. The highest BCUT2D eigenvalue weighted by Gasteiger charge is 2.51. The monoisotopic (exact) mass is 516 g/mol. The van der Waals surface area contributed by atoms with E-state index in [4.69, 9.17) is 0 Å². The van der Waals surface area contributed by atoms with Crippen molar-refractivity contribution in [3.05, 3.63) is 29.6 Å².